The zero-order chi connectivity index (χ0) is 15.7. The van der Waals surface area contributed by atoms with Crippen molar-refractivity contribution in [2.75, 3.05) is 5.32 Å². The summed E-state index contributed by atoms with van der Waals surface area (Å²) in [7, 11) is 0. The molecule has 4 N–H and O–H groups in total. The van der Waals surface area contributed by atoms with Crippen LogP contribution in [0.15, 0.2) is 6.20 Å². The van der Waals surface area contributed by atoms with Gasteiger partial charge in [0.15, 0.2) is 0 Å². The summed E-state index contributed by atoms with van der Waals surface area (Å²) < 4.78 is 0.987. The normalized spacial score (nSPS) is 12.7. The molecular formula is C13H16ClN7S. The number of halogens is 1. The summed E-state index contributed by atoms with van der Waals surface area (Å²) in [6.07, 6.45) is 2.47. The highest BCUT2D eigenvalue weighted by Crippen LogP contribution is 2.35. The molecule has 7 nitrogen and oxygen atoms in total. The lowest BCUT2D eigenvalue weighted by molar-refractivity contribution is 0.744. The van der Waals surface area contributed by atoms with E-state index in [0.29, 0.717) is 12.4 Å². The predicted molar refractivity (Wildman–Crippen MR) is 88.2 cm³/mol. The summed E-state index contributed by atoms with van der Waals surface area (Å²) >= 11 is 7.71. The molecule has 0 bridgehead atoms. The fourth-order valence-electron chi connectivity index (χ4n) is 2.20. The van der Waals surface area contributed by atoms with E-state index in [1.54, 1.807) is 17.5 Å². The molecule has 9 heteroatoms. The van der Waals surface area contributed by atoms with Gasteiger partial charge in [-0.05, 0) is 37.4 Å². The third kappa shape index (κ3) is 3.03. The smallest absolute Gasteiger partial charge is 0.224 e. The minimum absolute atomic E-state index is 0.0988. The van der Waals surface area contributed by atoms with Crippen LogP contribution in [0, 0.1) is 6.92 Å². The van der Waals surface area contributed by atoms with Crippen molar-refractivity contribution < 1.29 is 0 Å². The Bertz CT molecular complexity index is 781. The van der Waals surface area contributed by atoms with Crippen LogP contribution in [-0.2, 0) is 13.0 Å². The molecule has 0 aliphatic carbocycles. The number of aryl methyl sites for hydroxylation is 1. The lowest BCUT2D eigenvalue weighted by Crippen LogP contribution is -2.17. The van der Waals surface area contributed by atoms with E-state index < -0.39 is 0 Å². The van der Waals surface area contributed by atoms with Crippen molar-refractivity contribution in [3.05, 3.63) is 27.6 Å². The third-order valence-corrected chi connectivity index (χ3v) is 4.73. The van der Waals surface area contributed by atoms with Gasteiger partial charge in [-0.3, -0.25) is 0 Å². The number of fused-ring (bicyclic) bond motifs is 1. The minimum Gasteiger partial charge on any atom is -0.363 e. The summed E-state index contributed by atoms with van der Waals surface area (Å²) in [6.45, 7) is 4.55. The third-order valence-electron chi connectivity index (χ3n) is 3.25. The highest BCUT2D eigenvalue weighted by Gasteiger charge is 2.16. The highest BCUT2D eigenvalue weighted by molar-refractivity contribution is 7.19. The van der Waals surface area contributed by atoms with Gasteiger partial charge < -0.3 is 11.1 Å². The molecule has 0 saturated heterocycles. The van der Waals surface area contributed by atoms with E-state index in [2.05, 4.69) is 30.7 Å². The molecule has 0 aliphatic rings. The monoisotopic (exact) mass is 337 g/mol. The standard InChI is InChI=1S/C13H16ClN7S/c1-6(15)3-9-7(2)10-11(22-9)12(19-13(14)18-10)16-4-8-5-17-21-20-8/h5-6H,3-4,15H2,1-2H3,(H,16,18,19)(H,17,20,21)/t6-/m0/s1. The Balaban J connectivity index is 1.98. The van der Waals surface area contributed by atoms with Crippen molar-refractivity contribution in [3.63, 3.8) is 0 Å². The molecule has 0 saturated carbocycles. The zero-order valence-corrected chi connectivity index (χ0v) is 13.8. The first kappa shape index (κ1) is 15.1. The van der Waals surface area contributed by atoms with Gasteiger partial charge in [0.05, 0.1) is 23.0 Å². The molecule has 3 aromatic heterocycles. The van der Waals surface area contributed by atoms with Crippen molar-refractivity contribution in [2.24, 2.45) is 5.73 Å². The topological polar surface area (TPSA) is 105 Å². The highest BCUT2D eigenvalue weighted by atomic mass is 35.5. The van der Waals surface area contributed by atoms with Gasteiger partial charge in [0.2, 0.25) is 5.28 Å². The maximum absolute atomic E-state index is 6.06. The van der Waals surface area contributed by atoms with Crippen LogP contribution >= 0.6 is 22.9 Å². The second-order valence-corrected chi connectivity index (χ2v) is 6.61. The molecule has 0 fully saturated rings. The van der Waals surface area contributed by atoms with Crippen LogP contribution < -0.4 is 11.1 Å². The van der Waals surface area contributed by atoms with Gasteiger partial charge in [-0.25, -0.2) is 4.98 Å². The van der Waals surface area contributed by atoms with Gasteiger partial charge >= 0.3 is 0 Å². The first-order valence-corrected chi connectivity index (χ1v) is 8.03. The Morgan fingerprint density at radius 2 is 2.27 bits per heavy atom. The zero-order valence-electron chi connectivity index (χ0n) is 12.2. The fraction of sp³-hybridized carbons (Fsp3) is 0.385. The molecule has 1 atom stereocenters. The number of hydrogen-bond acceptors (Lipinski definition) is 7. The van der Waals surface area contributed by atoms with Crippen LogP contribution in [0.25, 0.3) is 10.2 Å². The number of nitrogens with zero attached hydrogens (tertiary/aromatic N) is 4. The summed E-state index contributed by atoms with van der Waals surface area (Å²) in [6, 6.07) is 0.0988. The molecule has 0 radical (unpaired) electrons. The molecule has 22 heavy (non-hydrogen) atoms. The lowest BCUT2D eigenvalue weighted by atomic mass is 10.1. The van der Waals surface area contributed by atoms with Gasteiger partial charge in [-0.2, -0.15) is 20.4 Å². The first-order chi connectivity index (χ1) is 10.5. The number of anilines is 1. The number of aromatic nitrogens is 5. The van der Waals surface area contributed by atoms with Crippen molar-refractivity contribution >= 4 is 39.0 Å². The molecule has 3 aromatic rings. The Hall–Kier alpha value is -1.77. The molecule has 0 aliphatic heterocycles. The van der Waals surface area contributed by atoms with Crippen molar-refractivity contribution in [2.45, 2.75) is 32.9 Å². The maximum Gasteiger partial charge on any atom is 0.224 e. The van der Waals surface area contributed by atoms with E-state index >= 15 is 0 Å². The molecule has 0 spiro atoms. The molecular weight excluding hydrogens is 322 g/mol. The van der Waals surface area contributed by atoms with Gasteiger partial charge in [-0.15, -0.1) is 11.3 Å². The summed E-state index contributed by atoms with van der Waals surface area (Å²) in [5, 5.41) is 13.8. The number of H-pyrrole nitrogens is 1. The Labute approximate surface area is 136 Å². The Morgan fingerprint density at radius 3 is 2.95 bits per heavy atom. The Kier molecular flexibility index (Phi) is 4.23. The summed E-state index contributed by atoms with van der Waals surface area (Å²) in [5.74, 6) is 0.710. The number of thiophene rings is 1. The Morgan fingerprint density at radius 1 is 1.45 bits per heavy atom. The second kappa shape index (κ2) is 6.15. The number of aromatic amines is 1. The van der Waals surface area contributed by atoms with Gasteiger partial charge in [-0.1, -0.05) is 0 Å². The average molecular weight is 338 g/mol. The lowest BCUT2D eigenvalue weighted by Gasteiger charge is -2.04. The van der Waals surface area contributed by atoms with E-state index in [9.17, 15) is 0 Å². The van der Waals surface area contributed by atoms with Crippen LogP contribution in [0.2, 0.25) is 5.28 Å². The number of nitrogens with one attached hydrogen (secondary N) is 2. The molecule has 116 valence electrons. The van der Waals surface area contributed by atoms with E-state index in [-0.39, 0.29) is 11.3 Å². The molecule has 0 unspecified atom stereocenters. The van der Waals surface area contributed by atoms with E-state index in [0.717, 1.165) is 27.9 Å². The molecule has 3 heterocycles. The van der Waals surface area contributed by atoms with Crippen LogP contribution in [-0.4, -0.2) is 31.4 Å². The number of hydrogen-bond donors (Lipinski definition) is 3. The van der Waals surface area contributed by atoms with Crippen LogP contribution in [0.5, 0.6) is 0 Å². The second-order valence-electron chi connectivity index (χ2n) is 5.17. The van der Waals surface area contributed by atoms with Crippen molar-refractivity contribution in [1.29, 1.82) is 0 Å². The summed E-state index contributed by atoms with van der Waals surface area (Å²) in [4.78, 5) is 9.87. The molecule has 0 amide bonds. The van der Waals surface area contributed by atoms with Crippen molar-refractivity contribution in [3.8, 4) is 0 Å². The quantitative estimate of drug-likeness (QED) is 0.617. The predicted octanol–water partition coefficient (Wildman–Crippen LogP) is 2.27. The maximum atomic E-state index is 6.06. The molecule has 3 rings (SSSR count). The fourth-order valence-corrected chi connectivity index (χ4v) is 3.72. The first-order valence-electron chi connectivity index (χ1n) is 6.84. The SMILES string of the molecule is Cc1c(C[C@H](C)N)sc2c(NCc3cn[nH]n3)nc(Cl)nc12. The van der Waals surface area contributed by atoms with Crippen LogP contribution in [0.1, 0.15) is 23.1 Å². The van der Waals surface area contributed by atoms with Gasteiger partial charge in [0, 0.05) is 10.9 Å². The van der Waals surface area contributed by atoms with Gasteiger partial charge in [0.1, 0.15) is 11.5 Å². The van der Waals surface area contributed by atoms with Crippen LogP contribution in [0.3, 0.4) is 0 Å². The summed E-state index contributed by atoms with van der Waals surface area (Å²) in [5.41, 5.74) is 8.71. The molecule has 0 aromatic carbocycles. The average Bonchev–Trinajstić information content (AvgIpc) is 3.07. The van der Waals surface area contributed by atoms with E-state index in [4.69, 9.17) is 17.3 Å². The van der Waals surface area contributed by atoms with Crippen molar-refractivity contribution in [1.82, 2.24) is 25.4 Å². The van der Waals surface area contributed by atoms with Crippen LogP contribution in [0.4, 0.5) is 5.82 Å². The van der Waals surface area contributed by atoms with E-state index in [1.807, 2.05) is 13.8 Å². The number of rotatable bonds is 5. The van der Waals surface area contributed by atoms with Gasteiger partial charge in [0.25, 0.3) is 0 Å². The minimum atomic E-state index is 0.0988. The van der Waals surface area contributed by atoms with E-state index in [1.165, 1.54) is 4.88 Å². The number of nitrogens with two attached hydrogens (primary N) is 1. The largest absolute Gasteiger partial charge is 0.363 e.